The lowest BCUT2D eigenvalue weighted by Crippen LogP contribution is -2.31. The Kier molecular flexibility index (Phi) is 3.88. The Hall–Kier alpha value is -2.33. The molecular formula is C17H18N2O2. The fraction of sp³-hybridized carbons (Fsp3) is 0.235. The zero-order chi connectivity index (χ0) is 14.7. The summed E-state index contributed by atoms with van der Waals surface area (Å²) < 4.78 is 5.78. The molecule has 1 aliphatic rings. The van der Waals surface area contributed by atoms with Crippen molar-refractivity contribution in [3.05, 3.63) is 59.7 Å². The van der Waals surface area contributed by atoms with Crippen LogP contribution in [-0.2, 0) is 17.9 Å². The van der Waals surface area contributed by atoms with E-state index in [9.17, 15) is 4.79 Å². The summed E-state index contributed by atoms with van der Waals surface area (Å²) in [6, 6.07) is 16.1. The van der Waals surface area contributed by atoms with Gasteiger partial charge >= 0.3 is 0 Å². The molecule has 1 aliphatic heterocycles. The highest BCUT2D eigenvalue weighted by atomic mass is 16.5. The van der Waals surface area contributed by atoms with Gasteiger partial charge in [-0.3, -0.25) is 9.69 Å². The van der Waals surface area contributed by atoms with Crippen LogP contribution in [0.15, 0.2) is 48.5 Å². The van der Waals surface area contributed by atoms with Crippen LogP contribution in [0.2, 0.25) is 0 Å². The highest BCUT2D eigenvalue weighted by molar-refractivity contribution is 5.88. The number of anilines is 1. The lowest BCUT2D eigenvalue weighted by molar-refractivity contribution is -0.114. The normalized spacial score (nSPS) is 14.1. The molecule has 0 unspecified atom stereocenters. The minimum absolute atomic E-state index is 0.0622. The number of carbonyl (C=O) groups is 1. The Bertz CT molecular complexity index is 640. The molecule has 0 radical (unpaired) electrons. The van der Waals surface area contributed by atoms with Crippen LogP contribution in [0.5, 0.6) is 5.75 Å². The molecule has 4 heteroatoms. The third-order valence-corrected chi connectivity index (χ3v) is 3.43. The second-order valence-corrected chi connectivity index (χ2v) is 5.25. The average Bonchev–Trinajstić information content (AvgIpc) is 2.47. The van der Waals surface area contributed by atoms with Gasteiger partial charge < -0.3 is 10.1 Å². The van der Waals surface area contributed by atoms with Gasteiger partial charge in [-0.15, -0.1) is 0 Å². The third kappa shape index (κ3) is 3.41. The molecule has 2 aromatic carbocycles. The number of hydrogen-bond donors (Lipinski definition) is 1. The van der Waals surface area contributed by atoms with Crippen molar-refractivity contribution in [2.24, 2.45) is 0 Å². The standard InChI is InChI=1S/C17H18N2O2/c1-13(20)18-16-7-8-17-15(9-16)11-19(12-21-17)10-14-5-3-2-4-6-14/h2-9H,10-12H2,1H3,(H,18,20). The smallest absolute Gasteiger partial charge is 0.221 e. The van der Waals surface area contributed by atoms with Crippen LogP contribution in [0.3, 0.4) is 0 Å². The molecule has 0 saturated heterocycles. The molecule has 4 nitrogen and oxygen atoms in total. The molecule has 0 aliphatic carbocycles. The van der Waals surface area contributed by atoms with Gasteiger partial charge in [0.15, 0.2) is 0 Å². The lowest BCUT2D eigenvalue weighted by atomic mass is 10.1. The van der Waals surface area contributed by atoms with E-state index in [4.69, 9.17) is 4.74 Å². The average molecular weight is 282 g/mol. The van der Waals surface area contributed by atoms with Gasteiger partial charge in [-0.25, -0.2) is 0 Å². The first kappa shape index (κ1) is 13.6. The molecule has 2 aromatic rings. The number of ether oxygens (including phenoxy) is 1. The number of hydrogen-bond acceptors (Lipinski definition) is 3. The predicted molar refractivity (Wildman–Crippen MR) is 81.9 cm³/mol. The van der Waals surface area contributed by atoms with E-state index < -0.39 is 0 Å². The van der Waals surface area contributed by atoms with Crippen LogP contribution >= 0.6 is 0 Å². The van der Waals surface area contributed by atoms with E-state index in [1.165, 1.54) is 12.5 Å². The summed E-state index contributed by atoms with van der Waals surface area (Å²) in [5.74, 6) is 0.834. The molecule has 0 aromatic heterocycles. The van der Waals surface area contributed by atoms with Crippen molar-refractivity contribution < 1.29 is 9.53 Å². The molecule has 108 valence electrons. The largest absolute Gasteiger partial charge is 0.478 e. The molecule has 0 saturated carbocycles. The van der Waals surface area contributed by atoms with E-state index in [-0.39, 0.29) is 5.91 Å². The highest BCUT2D eigenvalue weighted by Gasteiger charge is 2.17. The predicted octanol–water partition coefficient (Wildman–Crippen LogP) is 3.00. The zero-order valence-electron chi connectivity index (χ0n) is 12.0. The summed E-state index contributed by atoms with van der Waals surface area (Å²) >= 11 is 0. The van der Waals surface area contributed by atoms with Gasteiger partial charge in [-0.2, -0.15) is 0 Å². The maximum absolute atomic E-state index is 11.1. The molecule has 3 rings (SSSR count). The van der Waals surface area contributed by atoms with Crippen molar-refractivity contribution in [2.45, 2.75) is 20.0 Å². The van der Waals surface area contributed by atoms with Gasteiger partial charge in [0.2, 0.25) is 5.91 Å². The minimum atomic E-state index is -0.0622. The number of benzene rings is 2. The van der Waals surface area contributed by atoms with Gasteiger partial charge in [0.05, 0.1) is 0 Å². The van der Waals surface area contributed by atoms with Crippen LogP contribution in [0, 0.1) is 0 Å². The van der Waals surface area contributed by atoms with Crippen molar-refractivity contribution in [1.29, 1.82) is 0 Å². The van der Waals surface area contributed by atoms with Crippen molar-refractivity contribution in [1.82, 2.24) is 4.90 Å². The van der Waals surface area contributed by atoms with E-state index >= 15 is 0 Å². The molecule has 0 fully saturated rings. The first-order valence-corrected chi connectivity index (χ1v) is 7.00. The van der Waals surface area contributed by atoms with Crippen LogP contribution in [0.4, 0.5) is 5.69 Å². The van der Waals surface area contributed by atoms with Crippen LogP contribution < -0.4 is 10.1 Å². The SMILES string of the molecule is CC(=O)Nc1ccc2c(c1)CN(Cc1ccccc1)CO2. The number of rotatable bonds is 3. The number of nitrogens with zero attached hydrogens (tertiary/aromatic N) is 1. The van der Waals surface area contributed by atoms with Crippen molar-refractivity contribution in [2.75, 3.05) is 12.0 Å². The van der Waals surface area contributed by atoms with Crippen molar-refractivity contribution in [3.8, 4) is 5.75 Å². The summed E-state index contributed by atoms with van der Waals surface area (Å²) in [7, 11) is 0. The fourth-order valence-corrected chi connectivity index (χ4v) is 2.52. The number of fused-ring (bicyclic) bond motifs is 1. The van der Waals surface area contributed by atoms with E-state index in [1.54, 1.807) is 0 Å². The molecule has 1 amide bonds. The number of amides is 1. The molecule has 21 heavy (non-hydrogen) atoms. The topological polar surface area (TPSA) is 41.6 Å². The first-order chi connectivity index (χ1) is 10.2. The zero-order valence-corrected chi connectivity index (χ0v) is 12.0. The Balaban J connectivity index is 1.73. The van der Waals surface area contributed by atoms with E-state index in [0.717, 1.165) is 30.1 Å². The van der Waals surface area contributed by atoms with Gasteiger partial charge in [-0.1, -0.05) is 30.3 Å². The second-order valence-electron chi connectivity index (χ2n) is 5.25. The van der Waals surface area contributed by atoms with E-state index in [1.807, 2.05) is 36.4 Å². The van der Waals surface area contributed by atoms with Gasteiger partial charge in [-0.05, 0) is 23.8 Å². The summed E-state index contributed by atoms with van der Waals surface area (Å²) in [5, 5.41) is 2.81. The summed E-state index contributed by atoms with van der Waals surface area (Å²) in [4.78, 5) is 13.4. The summed E-state index contributed by atoms with van der Waals surface area (Å²) in [6.07, 6.45) is 0. The van der Waals surface area contributed by atoms with Gasteiger partial charge in [0.1, 0.15) is 12.5 Å². The van der Waals surface area contributed by atoms with E-state index in [0.29, 0.717) is 6.73 Å². The Labute approximate surface area is 124 Å². The lowest BCUT2D eigenvalue weighted by Gasteiger charge is -2.29. The first-order valence-electron chi connectivity index (χ1n) is 7.00. The Morgan fingerprint density at radius 2 is 2.05 bits per heavy atom. The van der Waals surface area contributed by atoms with Crippen molar-refractivity contribution >= 4 is 11.6 Å². The maximum atomic E-state index is 11.1. The van der Waals surface area contributed by atoms with Crippen molar-refractivity contribution in [3.63, 3.8) is 0 Å². The molecular weight excluding hydrogens is 264 g/mol. The van der Waals surface area contributed by atoms with Gasteiger partial charge in [0.25, 0.3) is 0 Å². The monoisotopic (exact) mass is 282 g/mol. The highest BCUT2D eigenvalue weighted by Crippen LogP contribution is 2.28. The number of nitrogens with one attached hydrogen (secondary N) is 1. The fourth-order valence-electron chi connectivity index (χ4n) is 2.52. The van der Waals surface area contributed by atoms with Crippen LogP contribution in [-0.4, -0.2) is 17.5 Å². The molecule has 0 spiro atoms. The summed E-state index contributed by atoms with van der Waals surface area (Å²) in [5.41, 5.74) is 3.18. The summed E-state index contributed by atoms with van der Waals surface area (Å²) in [6.45, 7) is 3.77. The third-order valence-electron chi connectivity index (χ3n) is 3.43. The van der Waals surface area contributed by atoms with Gasteiger partial charge in [0, 0.05) is 31.3 Å². The number of carbonyl (C=O) groups excluding carboxylic acids is 1. The van der Waals surface area contributed by atoms with Crippen LogP contribution in [0.1, 0.15) is 18.1 Å². The second kappa shape index (κ2) is 5.97. The Morgan fingerprint density at radius 3 is 2.81 bits per heavy atom. The quantitative estimate of drug-likeness (QED) is 0.941. The molecule has 0 bridgehead atoms. The minimum Gasteiger partial charge on any atom is -0.478 e. The maximum Gasteiger partial charge on any atom is 0.221 e. The molecule has 1 heterocycles. The Morgan fingerprint density at radius 1 is 1.24 bits per heavy atom. The van der Waals surface area contributed by atoms with Crippen LogP contribution in [0.25, 0.3) is 0 Å². The molecule has 1 N–H and O–H groups in total. The van der Waals surface area contributed by atoms with E-state index in [2.05, 4.69) is 22.3 Å². The molecule has 0 atom stereocenters.